The van der Waals surface area contributed by atoms with Gasteiger partial charge in [-0.2, -0.15) is 0 Å². The summed E-state index contributed by atoms with van der Waals surface area (Å²) < 4.78 is 0. The maximum Gasteiger partial charge on any atom is 0.247 e. The van der Waals surface area contributed by atoms with E-state index in [1.165, 1.54) is 0 Å². The quantitative estimate of drug-likeness (QED) is 0.934. The number of halogens is 1. The van der Waals surface area contributed by atoms with E-state index in [4.69, 9.17) is 11.6 Å². The third-order valence-electron chi connectivity index (χ3n) is 3.94. The van der Waals surface area contributed by atoms with Crippen LogP contribution in [0, 0.1) is 0 Å². The van der Waals surface area contributed by atoms with Crippen molar-refractivity contribution in [3.63, 3.8) is 0 Å². The molecule has 0 bridgehead atoms. The molecule has 1 fully saturated rings. The van der Waals surface area contributed by atoms with Gasteiger partial charge >= 0.3 is 0 Å². The summed E-state index contributed by atoms with van der Waals surface area (Å²) in [7, 11) is 0. The minimum absolute atomic E-state index is 0.00756. The van der Waals surface area contributed by atoms with Crippen LogP contribution in [0.3, 0.4) is 0 Å². The van der Waals surface area contributed by atoms with Gasteiger partial charge in [0.1, 0.15) is 6.04 Å². The van der Waals surface area contributed by atoms with Crippen molar-refractivity contribution in [2.24, 2.45) is 0 Å². The summed E-state index contributed by atoms with van der Waals surface area (Å²) >= 11 is 5.88. The van der Waals surface area contributed by atoms with Gasteiger partial charge in [0.05, 0.1) is 0 Å². The molecule has 0 spiro atoms. The highest BCUT2D eigenvalue weighted by molar-refractivity contribution is 6.30. The smallest absolute Gasteiger partial charge is 0.247 e. The SMILES string of the molecule is O=C(Nc1ccccc1)[C@@H]1CCC(=O)N1Cc1ccc(Cl)cc1. The highest BCUT2D eigenvalue weighted by atomic mass is 35.5. The number of para-hydroxylation sites is 1. The van der Waals surface area contributed by atoms with E-state index >= 15 is 0 Å². The molecule has 4 nitrogen and oxygen atoms in total. The predicted molar refractivity (Wildman–Crippen MR) is 90.1 cm³/mol. The summed E-state index contributed by atoms with van der Waals surface area (Å²) in [5.41, 5.74) is 1.70. The number of amides is 2. The lowest BCUT2D eigenvalue weighted by Crippen LogP contribution is -2.41. The number of hydrogen-bond acceptors (Lipinski definition) is 2. The second-order valence-corrected chi connectivity index (χ2v) is 5.99. The lowest BCUT2D eigenvalue weighted by Gasteiger charge is -2.24. The molecule has 0 unspecified atom stereocenters. The molecule has 2 aromatic rings. The topological polar surface area (TPSA) is 49.4 Å². The summed E-state index contributed by atoms with van der Waals surface area (Å²) in [4.78, 5) is 26.3. The third kappa shape index (κ3) is 3.71. The van der Waals surface area contributed by atoms with Crippen LogP contribution in [0.5, 0.6) is 0 Å². The van der Waals surface area contributed by atoms with Gasteiger partial charge < -0.3 is 10.2 Å². The van der Waals surface area contributed by atoms with Crippen LogP contribution in [-0.4, -0.2) is 22.8 Å². The Morgan fingerprint density at radius 3 is 2.52 bits per heavy atom. The number of carbonyl (C=O) groups is 2. The third-order valence-corrected chi connectivity index (χ3v) is 4.19. The zero-order valence-electron chi connectivity index (χ0n) is 12.5. The standard InChI is InChI=1S/C18H17ClN2O2/c19-14-8-6-13(7-9-14)12-21-16(10-11-17(21)22)18(23)20-15-4-2-1-3-5-15/h1-9,16H,10-12H2,(H,20,23)/t16-/m0/s1. The van der Waals surface area contributed by atoms with Gasteiger partial charge in [0, 0.05) is 23.7 Å². The van der Waals surface area contributed by atoms with E-state index < -0.39 is 6.04 Å². The summed E-state index contributed by atoms with van der Waals surface area (Å²) in [6.07, 6.45) is 0.950. The molecule has 1 N–H and O–H groups in total. The maximum atomic E-state index is 12.5. The van der Waals surface area contributed by atoms with Crippen molar-refractivity contribution >= 4 is 29.1 Å². The van der Waals surface area contributed by atoms with E-state index in [1.807, 2.05) is 42.5 Å². The van der Waals surface area contributed by atoms with Crippen LogP contribution in [0.1, 0.15) is 18.4 Å². The van der Waals surface area contributed by atoms with Crippen molar-refractivity contribution in [1.82, 2.24) is 4.90 Å². The van der Waals surface area contributed by atoms with Gasteiger partial charge in [-0.05, 0) is 36.2 Å². The molecule has 0 radical (unpaired) electrons. The maximum absolute atomic E-state index is 12.5. The van der Waals surface area contributed by atoms with Crippen molar-refractivity contribution < 1.29 is 9.59 Å². The molecule has 5 heteroatoms. The van der Waals surface area contributed by atoms with E-state index in [0.29, 0.717) is 24.4 Å². The average Bonchev–Trinajstić information content (AvgIpc) is 2.92. The van der Waals surface area contributed by atoms with Crippen LogP contribution < -0.4 is 5.32 Å². The van der Waals surface area contributed by atoms with E-state index in [9.17, 15) is 9.59 Å². The zero-order valence-corrected chi connectivity index (χ0v) is 13.3. The summed E-state index contributed by atoms with van der Waals surface area (Å²) in [6, 6.07) is 16.2. The molecule has 0 aromatic heterocycles. The minimum atomic E-state index is -0.432. The van der Waals surface area contributed by atoms with Crippen LogP contribution in [0.25, 0.3) is 0 Å². The molecule has 2 amide bonds. The van der Waals surface area contributed by atoms with Crippen molar-refractivity contribution in [2.45, 2.75) is 25.4 Å². The monoisotopic (exact) mass is 328 g/mol. The molecule has 1 aliphatic heterocycles. The Balaban J connectivity index is 1.71. The molecule has 1 heterocycles. The Bertz CT molecular complexity index is 701. The number of benzene rings is 2. The first-order valence-electron chi connectivity index (χ1n) is 7.53. The van der Waals surface area contributed by atoms with Gasteiger partial charge in [0.15, 0.2) is 0 Å². The van der Waals surface area contributed by atoms with E-state index in [0.717, 1.165) is 11.3 Å². The first kappa shape index (κ1) is 15.6. The van der Waals surface area contributed by atoms with Gasteiger partial charge in [0.25, 0.3) is 0 Å². The van der Waals surface area contributed by atoms with Gasteiger partial charge in [-0.25, -0.2) is 0 Å². The number of anilines is 1. The van der Waals surface area contributed by atoms with Crippen LogP contribution in [0.15, 0.2) is 54.6 Å². The zero-order chi connectivity index (χ0) is 16.2. The number of carbonyl (C=O) groups excluding carboxylic acids is 2. The lowest BCUT2D eigenvalue weighted by atomic mass is 10.1. The molecule has 23 heavy (non-hydrogen) atoms. The molecule has 118 valence electrons. The van der Waals surface area contributed by atoms with Crippen LogP contribution in [-0.2, 0) is 16.1 Å². The van der Waals surface area contributed by atoms with Gasteiger partial charge in [0.2, 0.25) is 11.8 Å². The van der Waals surface area contributed by atoms with E-state index in [1.54, 1.807) is 17.0 Å². The Morgan fingerprint density at radius 2 is 1.83 bits per heavy atom. The Morgan fingerprint density at radius 1 is 1.13 bits per heavy atom. The number of nitrogens with zero attached hydrogens (tertiary/aromatic N) is 1. The van der Waals surface area contributed by atoms with Crippen molar-refractivity contribution in [3.05, 3.63) is 65.2 Å². The first-order chi connectivity index (χ1) is 11.1. The van der Waals surface area contributed by atoms with Gasteiger partial charge in [-0.15, -0.1) is 0 Å². The van der Waals surface area contributed by atoms with Gasteiger partial charge in [-0.3, -0.25) is 9.59 Å². The fourth-order valence-electron chi connectivity index (χ4n) is 2.74. The van der Waals surface area contributed by atoms with Gasteiger partial charge in [-0.1, -0.05) is 41.9 Å². The molecular formula is C18H17ClN2O2. The Labute approximate surface area is 140 Å². The normalized spacial score (nSPS) is 17.3. The molecule has 0 aliphatic carbocycles. The highest BCUT2D eigenvalue weighted by Gasteiger charge is 2.35. The van der Waals surface area contributed by atoms with E-state index in [-0.39, 0.29) is 11.8 Å². The largest absolute Gasteiger partial charge is 0.326 e. The number of hydrogen-bond donors (Lipinski definition) is 1. The highest BCUT2D eigenvalue weighted by Crippen LogP contribution is 2.23. The van der Waals surface area contributed by atoms with Crippen LogP contribution >= 0.6 is 11.6 Å². The number of rotatable bonds is 4. The fraction of sp³-hybridized carbons (Fsp3) is 0.222. The predicted octanol–water partition coefficient (Wildman–Crippen LogP) is 3.47. The summed E-state index contributed by atoms with van der Waals surface area (Å²) in [5.74, 6) is -0.135. The summed E-state index contributed by atoms with van der Waals surface area (Å²) in [6.45, 7) is 0.420. The minimum Gasteiger partial charge on any atom is -0.326 e. The molecule has 2 aromatic carbocycles. The molecular weight excluding hydrogens is 312 g/mol. The number of nitrogens with one attached hydrogen (secondary N) is 1. The van der Waals surface area contributed by atoms with Crippen molar-refractivity contribution in [2.75, 3.05) is 5.32 Å². The van der Waals surface area contributed by atoms with Crippen molar-refractivity contribution in [3.8, 4) is 0 Å². The second-order valence-electron chi connectivity index (χ2n) is 5.56. The van der Waals surface area contributed by atoms with E-state index in [2.05, 4.69) is 5.32 Å². The lowest BCUT2D eigenvalue weighted by molar-refractivity contribution is -0.133. The van der Waals surface area contributed by atoms with Crippen LogP contribution in [0.4, 0.5) is 5.69 Å². The average molecular weight is 329 g/mol. The Hall–Kier alpha value is -2.33. The molecule has 1 saturated heterocycles. The molecule has 3 rings (SSSR count). The molecule has 0 saturated carbocycles. The van der Waals surface area contributed by atoms with Crippen molar-refractivity contribution in [1.29, 1.82) is 0 Å². The second kappa shape index (κ2) is 6.84. The Kier molecular flexibility index (Phi) is 4.63. The molecule has 1 aliphatic rings. The first-order valence-corrected chi connectivity index (χ1v) is 7.91. The fourth-order valence-corrected chi connectivity index (χ4v) is 2.86. The summed E-state index contributed by atoms with van der Waals surface area (Å²) in [5, 5.41) is 3.53. The number of likely N-dealkylation sites (tertiary alicyclic amines) is 1. The van der Waals surface area contributed by atoms with Crippen LogP contribution in [0.2, 0.25) is 5.02 Å². The molecule has 1 atom stereocenters.